The number of rotatable bonds is 7. The maximum Gasteiger partial charge on any atom is 0.293 e. The topological polar surface area (TPSA) is 49.0 Å². The van der Waals surface area contributed by atoms with Gasteiger partial charge in [-0.3, -0.25) is 15.2 Å². The summed E-state index contributed by atoms with van der Waals surface area (Å²) in [7, 11) is 0. The van der Waals surface area contributed by atoms with Crippen LogP contribution in [-0.4, -0.2) is 12.5 Å². The number of hydrogen-bond donors (Lipinski definition) is 2. The Bertz CT molecular complexity index is 783. The van der Waals surface area contributed by atoms with Crippen molar-refractivity contribution in [3.63, 3.8) is 0 Å². The van der Waals surface area contributed by atoms with E-state index in [-0.39, 0.29) is 18.3 Å². The fraction of sp³-hybridized carbons (Fsp3) is 0.0952. The summed E-state index contributed by atoms with van der Waals surface area (Å²) < 4.78 is 12.9. The average Bonchev–Trinajstić information content (AvgIpc) is 2.69. The Morgan fingerprint density at radius 3 is 1.92 bits per heavy atom. The Labute approximate surface area is 152 Å². The number of halogens is 1. The molecule has 132 valence electrons. The molecule has 3 rings (SSSR count). The number of carbonyl (C=O) groups is 1. The van der Waals surface area contributed by atoms with E-state index >= 15 is 0 Å². The van der Waals surface area contributed by atoms with Crippen LogP contribution in [0.2, 0.25) is 0 Å². The number of nitrogens with one attached hydrogen (secondary N) is 1. The predicted octanol–water partition coefficient (Wildman–Crippen LogP) is 2.76. The minimum Gasteiger partial charge on any atom is -0.335 e. The van der Waals surface area contributed by atoms with Crippen LogP contribution in [0, 0.1) is 5.82 Å². The summed E-state index contributed by atoms with van der Waals surface area (Å²) in [6, 6.07) is 25.7. The molecule has 0 heterocycles. The van der Waals surface area contributed by atoms with Crippen molar-refractivity contribution < 1.29 is 14.5 Å². The van der Waals surface area contributed by atoms with E-state index in [2.05, 4.69) is 5.43 Å². The van der Waals surface area contributed by atoms with Gasteiger partial charge >= 0.3 is 0 Å². The van der Waals surface area contributed by atoms with Crippen LogP contribution in [0.3, 0.4) is 0 Å². The van der Waals surface area contributed by atoms with Crippen LogP contribution in [0.25, 0.3) is 0 Å². The van der Waals surface area contributed by atoms with Gasteiger partial charge in [0, 0.05) is 5.56 Å². The summed E-state index contributed by atoms with van der Waals surface area (Å²) in [6.45, 7) is 0.887. The molecular formula is C21H21FN3O+. The normalized spacial score (nSPS) is 10.3. The summed E-state index contributed by atoms with van der Waals surface area (Å²) in [4.78, 5) is 12.4. The van der Waals surface area contributed by atoms with E-state index in [4.69, 9.17) is 0 Å². The first-order valence-electron chi connectivity index (χ1n) is 8.48. The number of carbonyl (C=O) groups excluding carboxylic acids is 1. The molecule has 0 aromatic heterocycles. The van der Waals surface area contributed by atoms with Gasteiger partial charge in [0.05, 0.1) is 11.4 Å². The second-order valence-electron chi connectivity index (χ2n) is 5.86. The first kappa shape index (κ1) is 17.6. The van der Waals surface area contributed by atoms with E-state index in [1.165, 1.54) is 12.1 Å². The third-order valence-corrected chi connectivity index (χ3v) is 3.89. The molecule has 0 radical (unpaired) electrons. The molecule has 0 unspecified atom stereocenters. The van der Waals surface area contributed by atoms with Crippen LogP contribution in [0.4, 0.5) is 15.8 Å². The molecule has 26 heavy (non-hydrogen) atoms. The standard InChI is InChI=1S/C21H20FN3O/c22-18-13-11-17(12-14-18)15-23-16-21(26)24-25(19-7-3-1-4-8-19)20-9-5-2-6-10-20/h1-14,23H,15-16H2,(H,24,26)/p+1. The molecule has 4 nitrogen and oxygen atoms in total. The number of para-hydroxylation sites is 2. The maximum absolute atomic E-state index is 12.9. The summed E-state index contributed by atoms with van der Waals surface area (Å²) in [6.07, 6.45) is 0. The number of quaternary nitrogens is 1. The average molecular weight is 350 g/mol. The minimum atomic E-state index is -0.257. The monoisotopic (exact) mass is 350 g/mol. The highest BCUT2D eigenvalue weighted by molar-refractivity contribution is 5.81. The Morgan fingerprint density at radius 1 is 0.846 bits per heavy atom. The molecule has 0 fully saturated rings. The molecule has 1 amide bonds. The van der Waals surface area contributed by atoms with Gasteiger partial charge in [-0.1, -0.05) is 48.5 Å². The fourth-order valence-corrected chi connectivity index (χ4v) is 2.59. The van der Waals surface area contributed by atoms with Crippen molar-refractivity contribution in [1.82, 2.24) is 5.43 Å². The lowest BCUT2D eigenvalue weighted by molar-refractivity contribution is -0.660. The molecule has 0 aliphatic carbocycles. The van der Waals surface area contributed by atoms with Crippen LogP contribution in [0.5, 0.6) is 0 Å². The molecule has 0 atom stereocenters. The number of nitrogens with two attached hydrogens (primary N) is 1. The number of hydrogen-bond acceptors (Lipinski definition) is 2. The number of benzene rings is 3. The van der Waals surface area contributed by atoms with Crippen molar-refractivity contribution in [2.75, 3.05) is 11.6 Å². The zero-order valence-corrected chi connectivity index (χ0v) is 14.3. The van der Waals surface area contributed by atoms with Crippen LogP contribution in [0.1, 0.15) is 5.56 Å². The Morgan fingerprint density at radius 2 is 1.38 bits per heavy atom. The van der Waals surface area contributed by atoms with Crippen LogP contribution < -0.4 is 15.8 Å². The van der Waals surface area contributed by atoms with Crippen molar-refractivity contribution in [3.05, 3.63) is 96.3 Å². The summed E-state index contributed by atoms with van der Waals surface area (Å²) in [5.41, 5.74) is 5.68. The Kier molecular flexibility index (Phi) is 5.96. The van der Waals surface area contributed by atoms with Gasteiger partial charge in [-0.25, -0.2) is 4.39 Å². The highest BCUT2D eigenvalue weighted by Gasteiger charge is 2.13. The largest absolute Gasteiger partial charge is 0.335 e. The Balaban J connectivity index is 1.61. The first-order valence-corrected chi connectivity index (χ1v) is 8.48. The highest BCUT2D eigenvalue weighted by atomic mass is 19.1. The molecule has 3 aromatic carbocycles. The zero-order valence-electron chi connectivity index (χ0n) is 14.3. The van der Waals surface area contributed by atoms with Crippen molar-refractivity contribution in [2.24, 2.45) is 0 Å². The number of hydrazine groups is 1. The van der Waals surface area contributed by atoms with Gasteiger partial charge in [0.25, 0.3) is 5.91 Å². The minimum absolute atomic E-state index is 0.111. The van der Waals surface area contributed by atoms with Gasteiger partial charge in [-0.15, -0.1) is 0 Å². The Hall–Kier alpha value is -3.18. The quantitative estimate of drug-likeness (QED) is 0.644. The van der Waals surface area contributed by atoms with Gasteiger partial charge in [-0.05, 0) is 36.4 Å². The SMILES string of the molecule is O=C(C[NH2+]Cc1ccc(F)cc1)NN(c1ccccc1)c1ccccc1. The van der Waals surface area contributed by atoms with Crippen LogP contribution in [0.15, 0.2) is 84.9 Å². The number of amides is 1. The van der Waals surface area contributed by atoms with E-state index in [1.54, 1.807) is 17.1 Å². The summed E-state index contributed by atoms with van der Waals surface area (Å²) in [5.74, 6) is -0.368. The highest BCUT2D eigenvalue weighted by Crippen LogP contribution is 2.22. The third kappa shape index (κ3) is 4.91. The van der Waals surface area contributed by atoms with Crippen molar-refractivity contribution in [3.8, 4) is 0 Å². The molecule has 3 N–H and O–H groups in total. The van der Waals surface area contributed by atoms with Crippen molar-refractivity contribution >= 4 is 17.3 Å². The summed E-state index contributed by atoms with van der Waals surface area (Å²) in [5, 5.41) is 3.66. The lowest BCUT2D eigenvalue weighted by Crippen LogP contribution is -2.85. The molecular weight excluding hydrogens is 329 g/mol. The zero-order chi connectivity index (χ0) is 18.2. The lowest BCUT2D eigenvalue weighted by Gasteiger charge is -2.25. The van der Waals surface area contributed by atoms with Gasteiger partial charge in [-0.2, -0.15) is 0 Å². The smallest absolute Gasteiger partial charge is 0.293 e. The number of anilines is 2. The van der Waals surface area contributed by atoms with Gasteiger partial charge in [0.2, 0.25) is 0 Å². The predicted molar refractivity (Wildman–Crippen MR) is 100 cm³/mol. The van der Waals surface area contributed by atoms with Gasteiger partial charge in [0.15, 0.2) is 6.54 Å². The third-order valence-electron chi connectivity index (χ3n) is 3.89. The molecule has 0 bridgehead atoms. The molecule has 0 spiro atoms. The molecule has 5 heteroatoms. The van der Waals surface area contributed by atoms with E-state index in [0.29, 0.717) is 6.54 Å². The molecule has 0 saturated heterocycles. The van der Waals surface area contributed by atoms with Crippen LogP contribution >= 0.6 is 0 Å². The van der Waals surface area contributed by atoms with Gasteiger partial charge < -0.3 is 5.32 Å². The lowest BCUT2D eigenvalue weighted by atomic mass is 10.2. The van der Waals surface area contributed by atoms with E-state index in [0.717, 1.165) is 16.9 Å². The summed E-state index contributed by atoms with van der Waals surface area (Å²) >= 11 is 0. The van der Waals surface area contributed by atoms with Crippen molar-refractivity contribution in [1.29, 1.82) is 0 Å². The first-order chi connectivity index (χ1) is 12.7. The van der Waals surface area contributed by atoms with Gasteiger partial charge in [0.1, 0.15) is 12.4 Å². The van der Waals surface area contributed by atoms with E-state index in [1.807, 2.05) is 66.0 Å². The molecule has 0 saturated carbocycles. The second kappa shape index (κ2) is 8.78. The van der Waals surface area contributed by atoms with E-state index < -0.39 is 0 Å². The second-order valence-corrected chi connectivity index (χ2v) is 5.86. The molecule has 0 aliphatic heterocycles. The number of nitrogens with zero attached hydrogens (tertiary/aromatic N) is 1. The maximum atomic E-state index is 12.9. The van der Waals surface area contributed by atoms with Crippen LogP contribution in [-0.2, 0) is 11.3 Å². The molecule has 3 aromatic rings. The van der Waals surface area contributed by atoms with E-state index in [9.17, 15) is 9.18 Å². The molecule has 0 aliphatic rings. The fourth-order valence-electron chi connectivity index (χ4n) is 2.59. The van der Waals surface area contributed by atoms with Crippen molar-refractivity contribution in [2.45, 2.75) is 6.54 Å².